The van der Waals surface area contributed by atoms with Crippen LogP contribution in [0.3, 0.4) is 0 Å². The number of hydrogen-bond donors (Lipinski definition) is 0. The summed E-state index contributed by atoms with van der Waals surface area (Å²) in [5, 5.41) is 1.46. The van der Waals surface area contributed by atoms with Crippen molar-refractivity contribution in [3.8, 4) is 0 Å². The molecule has 3 heteroatoms. The highest BCUT2D eigenvalue weighted by Crippen LogP contribution is 2.13. The average Bonchev–Trinajstić information content (AvgIpc) is 2.36. The van der Waals surface area contributed by atoms with Gasteiger partial charge in [0.05, 0.1) is 10.3 Å². The van der Waals surface area contributed by atoms with Crippen LogP contribution in [0, 0.1) is 0 Å². The first-order chi connectivity index (χ1) is 4.72. The molecule has 0 aliphatic rings. The number of hydrogen-bond acceptors (Lipinski definition) is 2. The van der Waals surface area contributed by atoms with Crippen LogP contribution in [0.2, 0.25) is 0 Å². The van der Waals surface area contributed by atoms with Gasteiger partial charge in [0.1, 0.15) is 0 Å². The molecule has 1 rings (SSSR count). The van der Waals surface area contributed by atoms with E-state index >= 15 is 0 Å². The van der Waals surface area contributed by atoms with Gasteiger partial charge in [0.2, 0.25) is 0 Å². The van der Waals surface area contributed by atoms with Crippen LogP contribution in [-0.4, -0.2) is 11.2 Å². The van der Waals surface area contributed by atoms with Gasteiger partial charge in [0, 0.05) is 0 Å². The van der Waals surface area contributed by atoms with Crippen LogP contribution in [0.15, 0.2) is 17.5 Å². The molecule has 0 N–H and O–H groups in total. The molecule has 0 bridgehead atoms. The molecule has 0 fully saturated rings. The molecule has 1 atom stereocenters. The van der Waals surface area contributed by atoms with Gasteiger partial charge in [-0.1, -0.05) is 6.07 Å². The Hall–Kier alpha value is -0.340. The first kappa shape index (κ1) is 7.76. The van der Waals surface area contributed by atoms with E-state index in [1.54, 1.807) is 13.0 Å². The van der Waals surface area contributed by atoms with Gasteiger partial charge in [-0.15, -0.1) is 22.9 Å². The van der Waals surface area contributed by atoms with Crippen molar-refractivity contribution >= 4 is 28.7 Å². The van der Waals surface area contributed by atoms with Crippen molar-refractivity contribution in [1.29, 1.82) is 0 Å². The second-order valence-corrected chi connectivity index (χ2v) is 3.56. The maximum absolute atomic E-state index is 11.1. The zero-order valence-corrected chi connectivity index (χ0v) is 7.08. The molecule has 0 saturated heterocycles. The Morgan fingerprint density at radius 2 is 2.50 bits per heavy atom. The molecule has 10 heavy (non-hydrogen) atoms. The van der Waals surface area contributed by atoms with Crippen molar-refractivity contribution in [2.45, 2.75) is 12.3 Å². The Bertz CT molecular complexity index is 216. The summed E-state index contributed by atoms with van der Waals surface area (Å²) in [5.41, 5.74) is 0. The summed E-state index contributed by atoms with van der Waals surface area (Å²) in [6.45, 7) is 1.68. The van der Waals surface area contributed by atoms with Gasteiger partial charge >= 0.3 is 0 Å². The lowest BCUT2D eigenvalue weighted by Gasteiger charge is -1.95. The van der Waals surface area contributed by atoms with Crippen LogP contribution in [0.1, 0.15) is 16.6 Å². The monoisotopic (exact) mass is 174 g/mol. The van der Waals surface area contributed by atoms with Crippen LogP contribution >= 0.6 is 22.9 Å². The molecule has 0 aromatic carbocycles. The number of ketones is 1. The highest BCUT2D eigenvalue weighted by Gasteiger charge is 2.11. The maximum Gasteiger partial charge on any atom is 0.190 e. The molecule has 1 aromatic rings. The fourth-order valence-electron chi connectivity index (χ4n) is 0.615. The molecule has 0 aliphatic carbocycles. The first-order valence-electron chi connectivity index (χ1n) is 2.93. The third kappa shape index (κ3) is 1.58. The number of alkyl halides is 1. The van der Waals surface area contributed by atoms with Gasteiger partial charge < -0.3 is 0 Å². The van der Waals surface area contributed by atoms with Crippen molar-refractivity contribution in [3.05, 3.63) is 22.4 Å². The Morgan fingerprint density at radius 3 is 2.90 bits per heavy atom. The maximum atomic E-state index is 11.1. The summed E-state index contributed by atoms with van der Waals surface area (Å²) in [5.74, 6) is 0.0108. The quantitative estimate of drug-likeness (QED) is 0.498. The molecule has 1 heterocycles. The minimum atomic E-state index is -0.404. The minimum absolute atomic E-state index is 0.0108. The van der Waals surface area contributed by atoms with E-state index in [-0.39, 0.29) is 5.78 Å². The second-order valence-electron chi connectivity index (χ2n) is 1.96. The van der Waals surface area contributed by atoms with Crippen molar-refractivity contribution in [2.24, 2.45) is 0 Å². The lowest BCUT2D eigenvalue weighted by atomic mass is 10.2. The topological polar surface area (TPSA) is 17.1 Å². The van der Waals surface area contributed by atoms with Crippen LogP contribution < -0.4 is 0 Å². The van der Waals surface area contributed by atoms with Gasteiger partial charge in [-0.3, -0.25) is 4.79 Å². The SMILES string of the molecule is C[C@H](Cl)C(=O)c1cccs1. The summed E-state index contributed by atoms with van der Waals surface area (Å²) in [6.07, 6.45) is 0. The second kappa shape index (κ2) is 3.17. The summed E-state index contributed by atoms with van der Waals surface area (Å²) in [6, 6.07) is 3.63. The number of Topliss-reactive ketones (excluding diaryl/α,β-unsaturated/α-hetero) is 1. The minimum Gasteiger partial charge on any atom is -0.292 e. The number of rotatable bonds is 2. The van der Waals surface area contributed by atoms with Gasteiger partial charge in [-0.2, -0.15) is 0 Å². The zero-order chi connectivity index (χ0) is 7.56. The molecule has 1 nitrogen and oxygen atoms in total. The van der Waals surface area contributed by atoms with E-state index in [2.05, 4.69) is 0 Å². The highest BCUT2D eigenvalue weighted by atomic mass is 35.5. The number of thiophene rings is 1. The molecule has 0 unspecified atom stereocenters. The van der Waals surface area contributed by atoms with Crippen molar-refractivity contribution in [2.75, 3.05) is 0 Å². The Labute approximate surface area is 68.6 Å². The summed E-state index contributed by atoms with van der Waals surface area (Å²) < 4.78 is 0. The van der Waals surface area contributed by atoms with Crippen LogP contribution in [0.25, 0.3) is 0 Å². The van der Waals surface area contributed by atoms with Crippen LogP contribution in [-0.2, 0) is 0 Å². The van der Waals surface area contributed by atoms with Crippen molar-refractivity contribution < 1.29 is 4.79 Å². The molecule has 0 amide bonds. The molecular formula is C7H7ClOS. The normalized spacial score (nSPS) is 13.0. The lowest BCUT2D eigenvalue weighted by Crippen LogP contribution is -2.07. The average molecular weight is 175 g/mol. The van der Waals surface area contributed by atoms with Crippen LogP contribution in [0.4, 0.5) is 0 Å². The summed E-state index contributed by atoms with van der Waals surface area (Å²) in [7, 11) is 0. The van der Waals surface area contributed by atoms with E-state index in [0.717, 1.165) is 4.88 Å². The Kier molecular flexibility index (Phi) is 2.46. The third-order valence-electron chi connectivity index (χ3n) is 1.13. The molecular weight excluding hydrogens is 168 g/mol. The van der Waals surface area contributed by atoms with E-state index in [0.29, 0.717) is 0 Å². The predicted molar refractivity (Wildman–Crippen MR) is 44.0 cm³/mol. The molecule has 0 saturated carbocycles. The van der Waals surface area contributed by atoms with Crippen molar-refractivity contribution in [1.82, 2.24) is 0 Å². The van der Waals surface area contributed by atoms with Gasteiger partial charge in [0.15, 0.2) is 5.78 Å². The van der Waals surface area contributed by atoms with E-state index in [4.69, 9.17) is 11.6 Å². The fourth-order valence-corrected chi connectivity index (χ4v) is 1.55. The third-order valence-corrected chi connectivity index (χ3v) is 2.21. The summed E-state index contributed by atoms with van der Waals surface area (Å²) >= 11 is 7.00. The molecule has 0 aliphatic heterocycles. The fraction of sp³-hybridized carbons (Fsp3) is 0.286. The van der Waals surface area contributed by atoms with E-state index < -0.39 is 5.38 Å². The molecule has 1 aromatic heterocycles. The van der Waals surface area contributed by atoms with E-state index in [1.807, 2.05) is 11.4 Å². The van der Waals surface area contributed by atoms with Crippen LogP contribution in [0.5, 0.6) is 0 Å². The first-order valence-corrected chi connectivity index (χ1v) is 4.25. The Balaban J connectivity index is 2.78. The number of carbonyl (C=O) groups is 1. The van der Waals surface area contributed by atoms with Gasteiger partial charge in [-0.25, -0.2) is 0 Å². The van der Waals surface area contributed by atoms with E-state index in [9.17, 15) is 4.79 Å². The molecule has 54 valence electrons. The smallest absolute Gasteiger partial charge is 0.190 e. The zero-order valence-electron chi connectivity index (χ0n) is 5.50. The largest absolute Gasteiger partial charge is 0.292 e. The van der Waals surface area contributed by atoms with Crippen molar-refractivity contribution in [3.63, 3.8) is 0 Å². The number of halogens is 1. The molecule has 0 radical (unpaired) electrons. The van der Waals surface area contributed by atoms with Gasteiger partial charge in [0.25, 0.3) is 0 Å². The molecule has 0 spiro atoms. The standard InChI is InChI=1S/C7H7ClOS/c1-5(8)7(9)6-3-2-4-10-6/h2-5H,1H3/t5-/m0/s1. The summed E-state index contributed by atoms with van der Waals surface area (Å²) in [4.78, 5) is 11.8. The Morgan fingerprint density at radius 1 is 1.80 bits per heavy atom. The van der Waals surface area contributed by atoms with E-state index in [1.165, 1.54) is 11.3 Å². The predicted octanol–water partition coefficient (Wildman–Crippen LogP) is 2.56. The van der Waals surface area contributed by atoms with Gasteiger partial charge in [-0.05, 0) is 18.4 Å². The number of carbonyl (C=O) groups excluding carboxylic acids is 1. The lowest BCUT2D eigenvalue weighted by molar-refractivity contribution is 0.0995. The highest BCUT2D eigenvalue weighted by molar-refractivity contribution is 7.12.